The second-order valence-corrected chi connectivity index (χ2v) is 11.7. The number of rotatable bonds is 10. The number of carbonyl (C=O) groups excluding carboxylic acids is 1. The molecule has 1 fully saturated rings. The number of nitrogens with zero attached hydrogens (tertiary/aromatic N) is 3. The molecule has 6 rings (SSSR count). The fourth-order valence-corrected chi connectivity index (χ4v) is 6.14. The van der Waals surface area contributed by atoms with E-state index in [1.807, 2.05) is 66.3 Å². The summed E-state index contributed by atoms with van der Waals surface area (Å²) in [6.45, 7) is 0.410. The molecule has 3 aromatic carbocycles. The number of hydrogen-bond donors (Lipinski definition) is 2. The Kier molecular flexibility index (Phi) is 9.48. The maximum atomic E-state index is 12.5. The Labute approximate surface area is 261 Å². The average Bonchev–Trinajstić information content (AvgIpc) is 3.51. The second-order valence-electron chi connectivity index (χ2n) is 10.7. The minimum Gasteiger partial charge on any atom is -0.392 e. The summed E-state index contributed by atoms with van der Waals surface area (Å²) in [6, 6.07) is 27.8. The van der Waals surface area contributed by atoms with Gasteiger partial charge in [0.1, 0.15) is 0 Å². The van der Waals surface area contributed by atoms with Crippen molar-refractivity contribution in [2.24, 2.45) is 7.05 Å². The molecule has 1 saturated heterocycles. The molecule has 0 radical (unpaired) electrons. The molecule has 224 valence electrons. The number of hydrogen-bond acceptors (Lipinski definition) is 7. The molecule has 1 aliphatic heterocycles. The summed E-state index contributed by atoms with van der Waals surface area (Å²) in [7, 11) is 1.99. The van der Waals surface area contributed by atoms with E-state index in [1.165, 1.54) is 0 Å². The zero-order valence-corrected chi connectivity index (χ0v) is 25.2. The molecule has 0 spiro atoms. The van der Waals surface area contributed by atoms with Crippen molar-refractivity contribution in [2.75, 3.05) is 5.75 Å². The van der Waals surface area contributed by atoms with Crippen LogP contribution in [0, 0.1) is 0 Å². The molecule has 9 heteroatoms. The normalized spacial score (nSPS) is 18.2. The van der Waals surface area contributed by atoms with E-state index in [0.29, 0.717) is 18.5 Å². The predicted octanol–water partition coefficient (Wildman–Crippen LogP) is 6.24. The third-order valence-electron chi connectivity index (χ3n) is 7.59. The number of aliphatic hydroxyl groups is 1. The number of amides is 1. The Morgan fingerprint density at radius 2 is 1.77 bits per heavy atom. The van der Waals surface area contributed by atoms with Gasteiger partial charge in [0.05, 0.1) is 24.4 Å². The highest BCUT2D eigenvalue weighted by Gasteiger charge is 2.32. The standard InChI is InChI=1S/C35H34N4O4S/c1-39-16-15-37-35(39)44-23-31-19-32(26-12-10-24(22-40)11-13-26)43-34(42-31)29-8-3-7-28(18-29)27-6-2-5-25(17-27)20-38-33(41)30-9-4-14-36-21-30/h2-18,21,31-32,34,40H,19-20,22-23H2,1H3,(H,38,41)/t31-,32+,34+/m1/s1. The van der Waals surface area contributed by atoms with Gasteiger partial charge in [-0.2, -0.15) is 0 Å². The minimum atomic E-state index is -0.555. The van der Waals surface area contributed by atoms with Gasteiger partial charge in [0.25, 0.3) is 5.91 Å². The number of carbonyl (C=O) groups is 1. The third-order valence-corrected chi connectivity index (χ3v) is 8.78. The number of aryl methyl sites for hydroxylation is 1. The van der Waals surface area contributed by atoms with Crippen LogP contribution in [0.2, 0.25) is 0 Å². The van der Waals surface area contributed by atoms with Gasteiger partial charge in [0.15, 0.2) is 11.4 Å². The van der Waals surface area contributed by atoms with Crippen molar-refractivity contribution in [1.82, 2.24) is 19.9 Å². The summed E-state index contributed by atoms with van der Waals surface area (Å²) >= 11 is 1.67. The molecule has 0 bridgehead atoms. The molecule has 5 aromatic rings. The highest BCUT2D eigenvalue weighted by molar-refractivity contribution is 7.99. The van der Waals surface area contributed by atoms with E-state index in [2.05, 4.69) is 39.6 Å². The highest BCUT2D eigenvalue weighted by Crippen LogP contribution is 2.40. The van der Waals surface area contributed by atoms with Crippen LogP contribution < -0.4 is 5.32 Å². The summed E-state index contributed by atoms with van der Waals surface area (Å²) < 4.78 is 15.1. The SMILES string of the molecule is Cn1ccnc1SC[C@H]1C[C@@H](c2ccc(CO)cc2)O[C@@H](c2cccc(-c3cccc(CNC(=O)c4cccnc4)c3)c2)O1. The minimum absolute atomic E-state index is 0.00530. The van der Waals surface area contributed by atoms with Crippen molar-refractivity contribution in [3.05, 3.63) is 138 Å². The zero-order chi connectivity index (χ0) is 30.3. The molecule has 2 N–H and O–H groups in total. The lowest BCUT2D eigenvalue weighted by molar-refractivity contribution is -0.245. The molecule has 2 aromatic heterocycles. The fourth-order valence-electron chi connectivity index (χ4n) is 5.19. The van der Waals surface area contributed by atoms with Gasteiger partial charge in [-0.05, 0) is 52.1 Å². The number of thioether (sulfide) groups is 1. The Morgan fingerprint density at radius 3 is 2.52 bits per heavy atom. The van der Waals surface area contributed by atoms with Crippen LogP contribution in [0.15, 0.2) is 115 Å². The second kappa shape index (κ2) is 14.0. The van der Waals surface area contributed by atoms with Crippen molar-refractivity contribution in [1.29, 1.82) is 0 Å². The molecule has 3 heterocycles. The Morgan fingerprint density at radius 1 is 0.955 bits per heavy atom. The maximum absolute atomic E-state index is 12.5. The Hall–Kier alpha value is -4.28. The summed E-state index contributed by atoms with van der Waals surface area (Å²) in [5.41, 5.74) is 6.44. The lowest BCUT2D eigenvalue weighted by atomic mass is 9.99. The predicted molar refractivity (Wildman–Crippen MR) is 170 cm³/mol. The molecule has 0 aliphatic carbocycles. The van der Waals surface area contributed by atoms with Crippen molar-refractivity contribution in [3.63, 3.8) is 0 Å². The molecule has 8 nitrogen and oxygen atoms in total. The topological polar surface area (TPSA) is 98.5 Å². The number of benzene rings is 3. The molecule has 1 amide bonds. The van der Waals surface area contributed by atoms with Gasteiger partial charge < -0.3 is 24.5 Å². The van der Waals surface area contributed by atoms with Crippen LogP contribution in [0.3, 0.4) is 0 Å². The molecular formula is C35H34N4O4S. The van der Waals surface area contributed by atoms with Crippen LogP contribution in [-0.2, 0) is 29.7 Å². The van der Waals surface area contributed by atoms with E-state index in [4.69, 9.17) is 9.47 Å². The van der Waals surface area contributed by atoms with Gasteiger partial charge in [-0.3, -0.25) is 9.78 Å². The van der Waals surface area contributed by atoms with Crippen LogP contribution in [0.5, 0.6) is 0 Å². The average molecular weight is 607 g/mol. The monoisotopic (exact) mass is 606 g/mol. The number of aliphatic hydroxyl groups excluding tert-OH is 1. The number of imidazole rings is 1. The lowest BCUT2D eigenvalue weighted by Crippen LogP contribution is -2.31. The van der Waals surface area contributed by atoms with Gasteiger partial charge in [0.2, 0.25) is 0 Å². The first-order valence-corrected chi connectivity index (χ1v) is 15.5. The molecular weight excluding hydrogens is 572 g/mol. The van der Waals surface area contributed by atoms with Gasteiger partial charge in [-0.25, -0.2) is 4.98 Å². The first-order chi connectivity index (χ1) is 21.6. The smallest absolute Gasteiger partial charge is 0.253 e. The summed E-state index contributed by atoms with van der Waals surface area (Å²) in [5.74, 6) is 0.580. The number of ether oxygens (including phenoxy) is 2. The van der Waals surface area contributed by atoms with Gasteiger partial charge in [-0.15, -0.1) is 0 Å². The van der Waals surface area contributed by atoms with Gasteiger partial charge in [-0.1, -0.05) is 72.4 Å². The van der Waals surface area contributed by atoms with Gasteiger partial charge >= 0.3 is 0 Å². The first kappa shape index (κ1) is 29.8. The van der Waals surface area contributed by atoms with E-state index in [1.54, 1.807) is 42.5 Å². The number of aromatic nitrogens is 3. The number of pyridine rings is 1. The van der Waals surface area contributed by atoms with Crippen molar-refractivity contribution in [3.8, 4) is 11.1 Å². The van der Waals surface area contributed by atoms with Crippen LogP contribution in [0.4, 0.5) is 0 Å². The van der Waals surface area contributed by atoms with E-state index < -0.39 is 6.29 Å². The number of nitrogens with one attached hydrogen (secondary N) is 1. The third kappa shape index (κ3) is 7.26. The van der Waals surface area contributed by atoms with Crippen LogP contribution in [-0.4, -0.2) is 37.4 Å². The van der Waals surface area contributed by atoms with E-state index in [9.17, 15) is 9.90 Å². The van der Waals surface area contributed by atoms with Crippen molar-refractivity contribution >= 4 is 17.7 Å². The van der Waals surface area contributed by atoms with E-state index >= 15 is 0 Å². The summed E-state index contributed by atoms with van der Waals surface area (Å²) in [5, 5.41) is 13.4. The van der Waals surface area contributed by atoms with E-state index in [-0.39, 0.29) is 24.7 Å². The largest absolute Gasteiger partial charge is 0.392 e. The molecule has 44 heavy (non-hydrogen) atoms. The fraction of sp³-hybridized carbons (Fsp3) is 0.229. The molecule has 0 saturated carbocycles. The van der Waals surface area contributed by atoms with Crippen molar-refractivity contribution < 1.29 is 19.4 Å². The molecule has 1 aliphatic rings. The maximum Gasteiger partial charge on any atom is 0.253 e. The summed E-state index contributed by atoms with van der Waals surface area (Å²) in [4.78, 5) is 21.0. The Bertz CT molecular complexity index is 1690. The van der Waals surface area contributed by atoms with E-state index in [0.717, 1.165) is 44.3 Å². The highest BCUT2D eigenvalue weighted by atomic mass is 32.2. The Balaban J connectivity index is 1.20. The molecule has 3 atom stereocenters. The lowest BCUT2D eigenvalue weighted by Gasteiger charge is -2.36. The quantitative estimate of drug-likeness (QED) is 0.182. The van der Waals surface area contributed by atoms with Crippen LogP contribution in [0.25, 0.3) is 11.1 Å². The van der Waals surface area contributed by atoms with Crippen LogP contribution in [0.1, 0.15) is 51.4 Å². The first-order valence-electron chi connectivity index (χ1n) is 14.5. The molecule has 0 unspecified atom stereocenters. The van der Waals surface area contributed by atoms with Gasteiger partial charge in [0, 0.05) is 56.1 Å². The van der Waals surface area contributed by atoms with Crippen molar-refractivity contribution in [2.45, 2.75) is 43.2 Å². The summed E-state index contributed by atoms with van der Waals surface area (Å²) in [6.07, 6.45) is 6.88. The van der Waals surface area contributed by atoms with Crippen LogP contribution >= 0.6 is 11.8 Å². The zero-order valence-electron chi connectivity index (χ0n) is 24.4.